The van der Waals surface area contributed by atoms with Crippen molar-refractivity contribution in [2.24, 2.45) is 28.6 Å². The molecule has 4 saturated heterocycles. The number of benzene rings is 2. The molecular weight excluding hydrogens is 689 g/mol. The number of carbonyl (C=O) groups is 3. The first kappa shape index (κ1) is 36.9. The number of primary amides is 1. The molecule has 53 heavy (non-hydrogen) atoms. The number of ketones is 1. The smallest absolute Gasteiger partial charge is 0.280 e. The molecule has 6 heterocycles. The van der Waals surface area contributed by atoms with Crippen LogP contribution in [0.5, 0.6) is 0 Å². The Labute approximate surface area is 313 Å². The molecule has 2 amide bonds. The van der Waals surface area contributed by atoms with E-state index in [1.54, 1.807) is 23.1 Å². The van der Waals surface area contributed by atoms with E-state index in [1.807, 2.05) is 56.3 Å². The summed E-state index contributed by atoms with van der Waals surface area (Å²) in [7, 11) is -4.06. The number of nitrogens with two attached hydrogens (primary N) is 1. The van der Waals surface area contributed by atoms with Gasteiger partial charge in [0.25, 0.3) is 15.9 Å². The first-order valence-corrected chi connectivity index (χ1v) is 20.4. The second-order valence-corrected chi connectivity index (χ2v) is 17.6. The lowest BCUT2D eigenvalue weighted by Crippen LogP contribution is -2.76. The van der Waals surface area contributed by atoms with Crippen LogP contribution in [-0.2, 0) is 30.8 Å². The fourth-order valence-corrected chi connectivity index (χ4v) is 11.0. The highest BCUT2D eigenvalue weighted by Gasteiger charge is 2.59. The number of hydrazone groups is 1. The molecule has 8 rings (SSSR count). The Morgan fingerprint density at radius 2 is 1.68 bits per heavy atom. The van der Waals surface area contributed by atoms with Gasteiger partial charge in [0.1, 0.15) is 50.8 Å². The van der Waals surface area contributed by atoms with Gasteiger partial charge in [-0.05, 0) is 36.1 Å². The summed E-state index contributed by atoms with van der Waals surface area (Å²) in [5.74, 6) is -1.43. The number of β-lactam (4-membered cyclic amide) rings is 1. The summed E-state index contributed by atoms with van der Waals surface area (Å²) < 4.78 is 32.0. The minimum absolute atomic E-state index is 0.00520. The lowest BCUT2D eigenvalue weighted by atomic mass is 9.72. The summed E-state index contributed by atoms with van der Waals surface area (Å²) in [5.41, 5.74) is 10.3. The van der Waals surface area contributed by atoms with E-state index in [9.17, 15) is 22.8 Å². The Hall–Kier alpha value is -4.39. The summed E-state index contributed by atoms with van der Waals surface area (Å²) in [5, 5.41) is 4.91. The van der Waals surface area contributed by atoms with E-state index in [2.05, 4.69) is 13.2 Å². The number of piperazine rings is 3. The van der Waals surface area contributed by atoms with Crippen molar-refractivity contribution in [1.82, 2.24) is 9.31 Å². The summed E-state index contributed by atoms with van der Waals surface area (Å²) >= 11 is 0. The van der Waals surface area contributed by atoms with E-state index in [-0.39, 0.29) is 47.4 Å². The van der Waals surface area contributed by atoms with Crippen LogP contribution in [0, 0.1) is 17.8 Å². The molecule has 6 aliphatic rings. The van der Waals surface area contributed by atoms with Gasteiger partial charge in [0.2, 0.25) is 5.91 Å². The van der Waals surface area contributed by atoms with Gasteiger partial charge in [-0.2, -0.15) is 17.9 Å². The second kappa shape index (κ2) is 14.1. The predicted octanol–water partition coefficient (Wildman–Crippen LogP) is 3.61. The van der Waals surface area contributed by atoms with Gasteiger partial charge in [-0.3, -0.25) is 14.4 Å². The molecule has 3 unspecified atom stereocenters. The first-order chi connectivity index (χ1) is 25.3. The zero-order valence-corrected chi connectivity index (χ0v) is 31.8. The predicted molar refractivity (Wildman–Crippen MR) is 203 cm³/mol. The molecule has 280 valence electrons. The highest BCUT2D eigenvalue weighted by atomic mass is 32.2. The fourth-order valence-electron chi connectivity index (χ4n) is 9.56. The van der Waals surface area contributed by atoms with Crippen molar-refractivity contribution in [3.63, 3.8) is 0 Å². The molecule has 0 radical (unpaired) electrons. The summed E-state index contributed by atoms with van der Waals surface area (Å²) in [6.07, 6.45) is 5.55. The van der Waals surface area contributed by atoms with Gasteiger partial charge in [-0.1, -0.05) is 62.4 Å². The number of Topliss-reactive ketones (excluding diaryl/α,β-unsaturated/α-hetero) is 1. The van der Waals surface area contributed by atoms with Crippen LogP contribution in [0.1, 0.15) is 49.8 Å². The van der Waals surface area contributed by atoms with Crippen LogP contribution < -0.4 is 5.73 Å². The van der Waals surface area contributed by atoms with Crippen LogP contribution in [0.3, 0.4) is 0 Å². The maximum atomic E-state index is 14.5. The van der Waals surface area contributed by atoms with Crippen molar-refractivity contribution < 1.29 is 31.8 Å². The number of carbonyl (C=O) groups excluding carboxylic acids is 3. The maximum absolute atomic E-state index is 14.5. The normalized spacial score (nSPS) is 28.8. The van der Waals surface area contributed by atoms with Gasteiger partial charge in [0.15, 0.2) is 6.54 Å². The monoisotopic (exact) mass is 740 g/mol. The molecule has 6 aliphatic heterocycles. The number of hydrogen-bond donors (Lipinski definition) is 1. The number of hydrogen-bond acceptors (Lipinski definition) is 6. The largest absolute Gasteiger partial charge is 0.365 e. The Morgan fingerprint density at radius 1 is 1.00 bits per heavy atom. The molecule has 2 aromatic carbocycles. The van der Waals surface area contributed by atoms with Gasteiger partial charge >= 0.3 is 0 Å². The zero-order chi connectivity index (χ0) is 37.7. The topological polar surface area (TPSA) is 130 Å². The third-order valence-electron chi connectivity index (χ3n) is 12.8. The quantitative estimate of drug-likeness (QED) is 0.170. The van der Waals surface area contributed by atoms with Gasteiger partial charge in [-0.15, -0.1) is 13.2 Å². The van der Waals surface area contributed by atoms with Crippen molar-refractivity contribution in [3.05, 3.63) is 102 Å². The number of rotatable bonds is 15. The van der Waals surface area contributed by atoms with Crippen LogP contribution in [0.4, 0.5) is 0 Å². The summed E-state index contributed by atoms with van der Waals surface area (Å²) in [4.78, 5) is 40.3. The molecular formula is C41H52N6O5S+2. The maximum Gasteiger partial charge on any atom is 0.280 e. The first-order valence-electron chi connectivity index (χ1n) is 18.9. The summed E-state index contributed by atoms with van der Waals surface area (Å²) in [6, 6.07) is 15.1. The molecule has 0 aromatic heterocycles. The van der Waals surface area contributed by atoms with Gasteiger partial charge in [0.05, 0.1) is 29.9 Å². The third kappa shape index (κ3) is 6.48. The average molecular weight is 741 g/mol. The van der Waals surface area contributed by atoms with E-state index in [0.29, 0.717) is 30.7 Å². The minimum atomic E-state index is -4.06. The Bertz CT molecular complexity index is 2000. The minimum Gasteiger partial charge on any atom is -0.365 e. The fraction of sp³-hybridized carbons (Fsp3) is 0.463. The number of fused-ring (bicyclic) bond motifs is 5. The second-order valence-electron chi connectivity index (χ2n) is 15.8. The zero-order valence-electron chi connectivity index (χ0n) is 31.0. The van der Waals surface area contributed by atoms with Crippen molar-refractivity contribution in [1.29, 1.82) is 0 Å². The number of quaternary nitrogens is 2. The Kier molecular flexibility index (Phi) is 9.84. The highest BCUT2D eigenvalue weighted by Crippen LogP contribution is 2.50. The van der Waals surface area contributed by atoms with E-state index in [0.717, 1.165) is 83.6 Å². The molecule has 2 N–H and O–H groups in total. The van der Waals surface area contributed by atoms with Crippen LogP contribution >= 0.6 is 0 Å². The van der Waals surface area contributed by atoms with E-state index < -0.39 is 21.9 Å². The molecule has 12 heteroatoms. The summed E-state index contributed by atoms with van der Waals surface area (Å²) in [6.45, 7) is 18.7. The molecule has 0 aliphatic carbocycles. The van der Waals surface area contributed by atoms with Crippen molar-refractivity contribution in [2.45, 2.75) is 50.5 Å². The Balaban J connectivity index is 1.18. The lowest BCUT2D eigenvalue weighted by Gasteiger charge is -2.55. The van der Waals surface area contributed by atoms with E-state index in [1.165, 1.54) is 4.41 Å². The van der Waals surface area contributed by atoms with Gasteiger partial charge in [0, 0.05) is 41.5 Å². The molecule has 11 nitrogen and oxygen atoms in total. The highest BCUT2D eigenvalue weighted by molar-refractivity contribution is 7.89. The SMILES string of the molecule is C=CCCC1=C(CN2N=C(c3ccccc3)c3cc(CC[N+]45CC[N+](CC(N)=O)(CC4)CC5)ccc3S2(=O)=O)C(C)C2C([C@@H](C)C(=O)CC=C)C(=O)N12. The molecule has 0 saturated carbocycles. The van der Waals surface area contributed by atoms with Gasteiger partial charge < -0.3 is 19.6 Å². The van der Waals surface area contributed by atoms with E-state index in [4.69, 9.17) is 10.8 Å². The molecule has 0 spiro atoms. The van der Waals surface area contributed by atoms with Crippen LogP contribution in [-0.4, -0.2) is 115 Å². The average Bonchev–Trinajstić information content (AvgIpc) is 3.38. The molecule has 4 fully saturated rings. The number of nitrogens with zero attached hydrogens (tertiary/aromatic N) is 5. The molecule has 4 atom stereocenters. The number of amides is 2. The van der Waals surface area contributed by atoms with Crippen LogP contribution in [0.2, 0.25) is 0 Å². The Morgan fingerprint density at radius 3 is 2.32 bits per heavy atom. The standard InChI is InChI=1S/C41H51N6O5S/c1-5-7-14-34-33(28(3)40-38(41(50)45(34)40)29(4)35(48)11-6-2)26-44-43-39(31-12-9-8-10-13-31)32-25-30(15-16-36(32)53(44,51)52)17-18-46-19-22-47(23-20-46,24-21-46)27-37(42)49/h5-6,8-10,12-13,15-16,25,28-29,38,40H,1-2,7,11,14,17-24,26-27H2,3-4H3,(H-,42,49)/q+1/p+1/t28?,29-,38?,40?,46?,47?/m0/s1. The van der Waals surface area contributed by atoms with Crippen molar-refractivity contribution >= 4 is 33.3 Å². The van der Waals surface area contributed by atoms with Gasteiger partial charge in [-0.25, -0.2) is 0 Å². The van der Waals surface area contributed by atoms with Crippen molar-refractivity contribution in [2.75, 3.05) is 58.9 Å². The number of allylic oxidation sites excluding steroid dienone is 3. The molecule has 2 bridgehead atoms. The van der Waals surface area contributed by atoms with Crippen molar-refractivity contribution in [3.8, 4) is 0 Å². The lowest BCUT2D eigenvalue weighted by molar-refractivity contribution is -1.08. The van der Waals surface area contributed by atoms with E-state index >= 15 is 0 Å². The molecule has 2 aromatic rings. The third-order valence-corrected chi connectivity index (χ3v) is 14.5. The number of sulfonamides is 1. The van der Waals surface area contributed by atoms with Crippen LogP contribution in [0.25, 0.3) is 0 Å². The van der Waals surface area contributed by atoms with Crippen LogP contribution in [0.15, 0.2) is 95.1 Å².